The van der Waals surface area contributed by atoms with Gasteiger partial charge in [0.2, 0.25) is 5.88 Å². The largest absolute Gasteiger partial charge is 0.480 e. The van der Waals surface area contributed by atoms with Crippen molar-refractivity contribution < 1.29 is 18.3 Å². The van der Waals surface area contributed by atoms with E-state index in [2.05, 4.69) is 20.3 Å². The Morgan fingerprint density at radius 1 is 1.37 bits per heavy atom. The first kappa shape index (κ1) is 21.1. The number of hydrogen-bond acceptors (Lipinski definition) is 7. The maximum Gasteiger partial charge on any atom is 0.275 e. The number of alkyl halides is 1. The molecule has 3 rings (SSSR count). The fourth-order valence-electron chi connectivity index (χ4n) is 3.16. The van der Waals surface area contributed by atoms with E-state index in [1.54, 1.807) is 0 Å². The number of halogens is 2. The highest BCUT2D eigenvalue weighted by molar-refractivity contribution is 6.02. The van der Waals surface area contributed by atoms with Gasteiger partial charge in [-0.25, -0.2) is 18.7 Å². The molecule has 2 heterocycles. The second kappa shape index (κ2) is 7.67. The molecule has 0 aliphatic carbocycles. The summed E-state index contributed by atoms with van der Waals surface area (Å²) in [6.07, 6.45) is 0.618. The van der Waals surface area contributed by atoms with Crippen LogP contribution >= 0.6 is 0 Å². The molecule has 1 amide bonds. The highest BCUT2D eigenvalue weighted by Gasteiger charge is 2.49. The van der Waals surface area contributed by atoms with Gasteiger partial charge in [-0.2, -0.15) is 5.26 Å². The van der Waals surface area contributed by atoms with Crippen molar-refractivity contribution in [3.8, 4) is 11.9 Å². The number of methoxy groups -OCH3 is 1. The Morgan fingerprint density at radius 3 is 2.70 bits per heavy atom. The minimum Gasteiger partial charge on any atom is -0.480 e. The third kappa shape index (κ3) is 3.66. The number of nitrogens with one attached hydrogen (secondary N) is 1. The van der Waals surface area contributed by atoms with Crippen molar-refractivity contribution in [2.45, 2.75) is 32.0 Å². The van der Waals surface area contributed by atoms with Crippen molar-refractivity contribution in [1.29, 1.82) is 5.26 Å². The van der Waals surface area contributed by atoms with Crippen LogP contribution in [0, 0.1) is 22.6 Å². The molecule has 30 heavy (non-hydrogen) atoms. The number of rotatable bonds is 4. The number of carbonyl (C=O) groups is 1. The van der Waals surface area contributed by atoms with Gasteiger partial charge in [-0.15, -0.1) is 0 Å². The van der Waals surface area contributed by atoms with Gasteiger partial charge < -0.3 is 15.8 Å². The Labute approximate surface area is 171 Å². The SMILES string of the molecule is COc1cnc(C(=O)Nc2ccc(F)c([C@@]3(C)N=C(N)[C@@](C)(C#N)C[C@@H]3F)c2)cn1. The van der Waals surface area contributed by atoms with Gasteiger partial charge in [-0.05, 0) is 32.0 Å². The minimum atomic E-state index is -1.66. The molecule has 0 saturated carbocycles. The van der Waals surface area contributed by atoms with Crippen LogP contribution in [0.2, 0.25) is 0 Å². The number of nitriles is 1. The molecule has 0 bridgehead atoms. The Balaban J connectivity index is 1.93. The van der Waals surface area contributed by atoms with Crippen LogP contribution < -0.4 is 15.8 Å². The van der Waals surface area contributed by atoms with Crippen LogP contribution in [0.5, 0.6) is 5.88 Å². The number of aromatic nitrogens is 2. The molecule has 8 nitrogen and oxygen atoms in total. The number of carbonyl (C=O) groups excluding carboxylic acids is 1. The van der Waals surface area contributed by atoms with Crippen molar-refractivity contribution in [2.24, 2.45) is 16.1 Å². The third-order valence-corrected chi connectivity index (χ3v) is 5.20. The zero-order chi connectivity index (χ0) is 22.1. The highest BCUT2D eigenvalue weighted by atomic mass is 19.1. The maximum absolute atomic E-state index is 15.1. The normalized spacial score (nSPS) is 25.7. The summed E-state index contributed by atoms with van der Waals surface area (Å²) < 4.78 is 34.6. The first-order chi connectivity index (χ1) is 14.1. The fourth-order valence-corrected chi connectivity index (χ4v) is 3.16. The van der Waals surface area contributed by atoms with E-state index in [9.17, 15) is 14.4 Å². The molecule has 1 aliphatic heterocycles. The molecule has 1 aliphatic rings. The molecule has 0 unspecified atom stereocenters. The van der Waals surface area contributed by atoms with Crippen molar-refractivity contribution in [3.05, 3.63) is 47.7 Å². The van der Waals surface area contributed by atoms with Crippen molar-refractivity contribution in [3.63, 3.8) is 0 Å². The molecule has 10 heteroatoms. The van der Waals surface area contributed by atoms with Gasteiger partial charge in [0.25, 0.3) is 5.91 Å². The molecule has 1 aromatic heterocycles. The smallest absolute Gasteiger partial charge is 0.275 e. The van der Waals surface area contributed by atoms with E-state index in [4.69, 9.17) is 10.5 Å². The van der Waals surface area contributed by atoms with Crippen LogP contribution in [-0.2, 0) is 5.54 Å². The van der Waals surface area contributed by atoms with Gasteiger partial charge in [-0.1, -0.05) is 0 Å². The quantitative estimate of drug-likeness (QED) is 0.792. The lowest BCUT2D eigenvalue weighted by Crippen LogP contribution is -2.48. The summed E-state index contributed by atoms with van der Waals surface area (Å²) >= 11 is 0. The fraction of sp³-hybridized carbons (Fsp3) is 0.350. The molecule has 1 aromatic carbocycles. The summed E-state index contributed by atoms with van der Waals surface area (Å²) in [6, 6.07) is 5.69. The monoisotopic (exact) mass is 414 g/mol. The Morgan fingerprint density at radius 2 is 2.10 bits per heavy atom. The van der Waals surface area contributed by atoms with Gasteiger partial charge in [0.1, 0.15) is 34.5 Å². The van der Waals surface area contributed by atoms with Gasteiger partial charge in [0.05, 0.1) is 25.6 Å². The van der Waals surface area contributed by atoms with Crippen LogP contribution in [0.25, 0.3) is 0 Å². The van der Waals surface area contributed by atoms with Gasteiger partial charge in [-0.3, -0.25) is 9.79 Å². The van der Waals surface area contributed by atoms with E-state index in [0.29, 0.717) is 0 Å². The van der Waals surface area contributed by atoms with Crippen LogP contribution in [0.3, 0.4) is 0 Å². The number of amides is 1. The summed E-state index contributed by atoms with van der Waals surface area (Å²) in [4.78, 5) is 24.4. The van der Waals surface area contributed by atoms with E-state index in [1.165, 1.54) is 45.5 Å². The maximum atomic E-state index is 15.1. The molecule has 3 atom stereocenters. The van der Waals surface area contributed by atoms with Crippen molar-refractivity contribution in [2.75, 3.05) is 12.4 Å². The van der Waals surface area contributed by atoms with E-state index >= 15 is 4.39 Å². The van der Waals surface area contributed by atoms with E-state index < -0.39 is 28.8 Å². The topological polar surface area (TPSA) is 126 Å². The predicted octanol–water partition coefficient (Wildman–Crippen LogP) is 2.72. The van der Waals surface area contributed by atoms with Gasteiger partial charge in [0.15, 0.2) is 0 Å². The Bertz CT molecular complexity index is 1050. The lowest BCUT2D eigenvalue weighted by Gasteiger charge is -2.39. The van der Waals surface area contributed by atoms with Crippen LogP contribution in [0.15, 0.2) is 35.6 Å². The first-order valence-corrected chi connectivity index (χ1v) is 9.01. The van der Waals surface area contributed by atoms with E-state index in [0.717, 1.165) is 6.07 Å². The number of benzene rings is 1. The number of ether oxygens (including phenoxy) is 1. The second-order valence-corrected chi connectivity index (χ2v) is 7.35. The van der Waals surface area contributed by atoms with Crippen LogP contribution in [0.1, 0.15) is 36.3 Å². The number of hydrogen-bond donors (Lipinski definition) is 2. The molecular weight excluding hydrogens is 394 g/mol. The Kier molecular flexibility index (Phi) is 5.39. The zero-order valence-electron chi connectivity index (χ0n) is 16.6. The second-order valence-electron chi connectivity index (χ2n) is 7.35. The van der Waals surface area contributed by atoms with E-state index in [-0.39, 0.29) is 35.1 Å². The highest BCUT2D eigenvalue weighted by Crippen LogP contribution is 2.44. The third-order valence-electron chi connectivity index (χ3n) is 5.20. The van der Waals surface area contributed by atoms with Gasteiger partial charge in [0, 0.05) is 17.7 Å². The number of aliphatic imine (C=N–C) groups is 1. The van der Waals surface area contributed by atoms with Crippen LogP contribution in [0.4, 0.5) is 14.5 Å². The lowest BCUT2D eigenvalue weighted by molar-refractivity contribution is 0.102. The van der Waals surface area contributed by atoms with Crippen molar-refractivity contribution in [1.82, 2.24) is 9.97 Å². The molecule has 0 spiro atoms. The average Bonchev–Trinajstić information content (AvgIpc) is 2.73. The van der Waals surface area contributed by atoms with Crippen molar-refractivity contribution >= 4 is 17.4 Å². The molecule has 3 N–H and O–H groups in total. The van der Waals surface area contributed by atoms with Gasteiger partial charge >= 0.3 is 0 Å². The Hall–Kier alpha value is -3.61. The number of nitrogens with zero attached hydrogens (tertiary/aromatic N) is 4. The molecule has 156 valence electrons. The number of anilines is 1. The number of nitrogens with two attached hydrogens (primary N) is 1. The lowest BCUT2D eigenvalue weighted by atomic mass is 9.73. The average molecular weight is 414 g/mol. The molecule has 0 radical (unpaired) electrons. The summed E-state index contributed by atoms with van der Waals surface area (Å²) in [7, 11) is 1.42. The standard InChI is InChI=1S/C20H20F2N6O2/c1-19(10-23)7-15(22)20(2,28-18(19)24)12-6-11(4-5-13(12)21)27-17(29)14-8-26-16(30-3)9-25-14/h4-6,8-9,15H,7H2,1-3H3,(H2,24,28)(H,27,29)/t15-,19+,20+/m0/s1. The summed E-state index contributed by atoms with van der Waals surface area (Å²) in [6.45, 7) is 2.89. The number of amidine groups is 1. The molecule has 0 saturated heterocycles. The van der Waals surface area contributed by atoms with Crippen LogP contribution in [-0.4, -0.2) is 35.0 Å². The summed E-state index contributed by atoms with van der Waals surface area (Å²) in [5.74, 6) is -1.12. The molecule has 2 aromatic rings. The zero-order valence-corrected chi connectivity index (χ0v) is 16.6. The molecule has 0 fully saturated rings. The first-order valence-electron chi connectivity index (χ1n) is 9.01. The molecular formula is C20H20F2N6O2. The predicted molar refractivity (Wildman–Crippen MR) is 105 cm³/mol. The summed E-state index contributed by atoms with van der Waals surface area (Å²) in [5, 5.41) is 11.9. The minimum absolute atomic E-state index is 0.0148. The summed E-state index contributed by atoms with van der Waals surface area (Å²) in [5.41, 5.74) is 3.13. The van der Waals surface area contributed by atoms with E-state index in [1.807, 2.05) is 6.07 Å².